The van der Waals surface area contributed by atoms with Crippen molar-refractivity contribution in [2.75, 3.05) is 0 Å². The molecule has 8 nitrogen and oxygen atoms in total. The molecule has 0 atom stereocenters. The molecule has 0 amide bonds. The molecule has 10 heteroatoms. The van der Waals surface area contributed by atoms with E-state index in [-0.39, 0.29) is 4.90 Å². The van der Waals surface area contributed by atoms with Crippen molar-refractivity contribution >= 4 is 43.9 Å². The zero-order valence-corrected chi connectivity index (χ0v) is 15.6. The van der Waals surface area contributed by atoms with Gasteiger partial charge in [0.2, 0.25) is 10.0 Å². The molecule has 1 heterocycles. The van der Waals surface area contributed by atoms with Gasteiger partial charge in [0.1, 0.15) is 0 Å². The van der Waals surface area contributed by atoms with Crippen LogP contribution in [0, 0.1) is 0 Å². The van der Waals surface area contributed by atoms with Gasteiger partial charge < -0.3 is 0 Å². The number of rotatable bonds is 4. The van der Waals surface area contributed by atoms with Crippen LogP contribution in [0.4, 0.5) is 0 Å². The van der Waals surface area contributed by atoms with Gasteiger partial charge in [0.05, 0.1) is 39.4 Å². The van der Waals surface area contributed by atoms with E-state index in [1.807, 2.05) is 18.2 Å². The number of sulfonamides is 1. The number of fused-ring (bicyclic) bond motifs is 4. The van der Waals surface area contributed by atoms with E-state index in [1.165, 1.54) is 0 Å². The van der Waals surface area contributed by atoms with Crippen LogP contribution in [-0.2, 0) is 19.4 Å². The highest BCUT2D eigenvalue weighted by Crippen LogP contribution is 2.46. The molecule has 3 aromatic carbocycles. The predicted octanol–water partition coefficient (Wildman–Crippen LogP) is 3.51. The Morgan fingerprint density at radius 3 is 2.54 bits per heavy atom. The van der Waals surface area contributed by atoms with Gasteiger partial charge in [-0.1, -0.05) is 23.2 Å². The van der Waals surface area contributed by atoms with Crippen LogP contribution in [0.5, 0.6) is 0 Å². The van der Waals surface area contributed by atoms with E-state index in [9.17, 15) is 8.42 Å². The number of hydrogen-bond donors (Lipinski definition) is 2. The van der Waals surface area contributed by atoms with E-state index in [2.05, 4.69) is 9.37 Å². The first-order chi connectivity index (χ1) is 13.5. The largest absolute Gasteiger partial charge is 0.244 e. The molecule has 1 aliphatic carbocycles. The summed E-state index contributed by atoms with van der Waals surface area (Å²) in [5, 5.41) is 18.9. The fourth-order valence-electron chi connectivity index (χ4n) is 3.46. The van der Waals surface area contributed by atoms with Crippen molar-refractivity contribution in [1.29, 1.82) is 0 Å². The second-order valence-corrected chi connectivity index (χ2v) is 8.55. The van der Waals surface area contributed by atoms with Crippen molar-refractivity contribution < 1.29 is 23.0 Å². The van der Waals surface area contributed by atoms with Crippen LogP contribution >= 0.6 is 12.0 Å². The third-order valence-corrected chi connectivity index (χ3v) is 6.05. The molecule has 0 saturated heterocycles. The normalized spacial score (nSPS) is 12.6. The third-order valence-electron chi connectivity index (χ3n) is 4.59. The van der Waals surface area contributed by atoms with E-state index in [0.717, 1.165) is 28.4 Å². The SMILES string of the molecule is NS(=O)(=O)c1cc2c3c(cccc3c1)-c1nc3cc(SOOO)ccc3nc1-2. The van der Waals surface area contributed by atoms with Crippen LogP contribution in [0.3, 0.4) is 0 Å². The van der Waals surface area contributed by atoms with Crippen LogP contribution in [-0.4, -0.2) is 23.6 Å². The molecule has 0 spiro atoms. The maximum Gasteiger partial charge on any atom is 0.238 e. The molecule has 1 aliphatic rings. The van der Waals surface area contributed by atoms with Crippen molar-refractivity contribution in [3.05, 3.63) is 48.5 Å². The Morgan fingerprint density at radius 1 is 0.964 bits per heavy atom. The van der Waals surface area contributed by atoms with Gasteiger partial charge in [0.15, 0.2) is 0 Å². The van der Waals surface area contributed by atoms with Gasteiger partial charge >= 0.3 is 0 Å². The minimum atomic E-state index is -3.86. The molecule has 0 unspecified atom stereocenters. The molecular weight excluding hydrogens is 402 g/mol. The Balaban J connectivity index is 1.78. The molecule has 0 radical (unpaired) electrons. The van der Waals surface area contributed by atoms with E-state index in [1.54, 1.807) is 30.3 Å². The predicted molar refractivity (Wildman–Crippen MR) is 104 cm³/mol. The summed E-state index contributed by atoms with van der Waals surface area (Å²) in [7, 11) is -3.86. The first kappa shape index (κ1) is 17.5. The zero-order chi connectivity index (χ0) is 19.5. The minimum Gasteiger partial charge on any atom is -0.244 e. The van der Waals surface area contributed by atoms with Crippen LogP contribution in [0.2, 0.25) is 0 Å². The third kappa shape index (κ3) is 2.66. The standard InChI is InChI=1S/C18H11N3O5S2/c19-28(23,24)11-6-9-2-1-3-12-16(9)13(8-11)18-17(12)21-15-7-10(27-26-25-22)4-5-14(15)20-18/h1-8,22H,(H2,19,23,24). The van der Waals surface area contributed by atoms with Crippen LogP contribution in [0.1, 0.15) is 0 Å². The molecule has 1 aromatic heterocycles. The van der Waals surface area contributed by atoms with Crippen molar-refractivity contribution in [2.24, 2.45) is 5.14 Å². The molecule has 5 rings (SSSR count). The molecule has 4 aromatic rings. The average Bonchev–Trinajstić information content (AvgIpc) is 2.98. The Morgan fingerprint density at radius 2 is 1.75 bits per heavy atom. The average molecular weight is 413 g/mol. The van der Waals surface area contributed by atoms with Gasteiger partial charge in [-0.3, -0.25) is 0 Å². The Bertz CT molecular complexity index is 1390. The number of aromatic nitrogens is 2. The maximum atomic E-state index is 11.9. The molecular formula is C18H11N3O5S2. The summed E-state index contributed by atoms with van der Waals surface area (Å²) in [5.74, 6) is 0. The summed E-state index contributed by atoms with van der Waals surface area (Å²) < 4.78 is 28.3. The van der Waals surface area contributed by atoms with Crippen LogP contribution in [0.15, 0.2) is 58.3 Å². The van der Waals surface area contributed by atoms with Crippen molar-refractivity contribution in [1.82, 2.24) is 9.97 Å². The minimum absolute atomic E-state index is 0.0368. The van der Waals surface area contributed by atoms with Gasteiger partial charge in [-0.05, 0) is 35.7 Å². The fourth-order valence-corrected chi connectivity index (χ4v) is 4.43. The maximum absolute atomic E-state index is 11.9. The highest BCUT2D eigenvalue weighted by molar-refractivity contribution is 7.94. The highest BCUT2D eigenvalue weighted by Gasteiger charge is 2.26. The molecule has 140 valence electrons. The summed E-state index contributed by atoms with van der Waals surface area (Å²) >= 11 is 0.834. The fraction of sp³-hybridized carbons (Fsp3) is 0. The Labute approximate surface area is 163 Å². The smallest absolute Gasteiger partial charge is 0.238 e. The quantitative estimate of drug-likeness (QED) is 0.261. The van der Waals surface area contributed by atoms with Crippen LogP contribution in [0.25, 0.3) is 44.3 Å². The lowest BCUT2D eigenvalue weighted by atomic mass is 10.0. The molecule has 28 heavy (non-hydrogen) atoms. The second-order valence-electron chi connectivity index (χ2n) is 6.22. The van der Waals surface area contributed by atoms with Gasteiger partial charge in [-0.15, -0.1) is 4.33 Å². The monoisotopic (exact) mass is 413 g/mol. The zero-order valence-electron chi connectivity index (χ0n) is 14.0. The number of benzene rings is 3. The number of nitrogens with zero attached hydrogens (tertiary/aromatic N) is 2. The topological polar surface area (TPSA) is 125 Å². The highest BCUT2D eigenvalue weighted by atomic mass is 32.2. The lowest BCUT2D eigenvalue weighted by Gasteiger charge is -2.06. The molecule has 0 saturated carbocycles. The number of primary sulfonamides is 1. The van der Waals surface area contributed by atoms with Gasteiger partial charge in [0, 0.05) is 21.4 Å². The molecule has 0 aliphatic heterocycles. The second kappa shape index (κ2) is 6.21. The summed E-state index contributed by atoms with van der Waals surface area (Å²) in [4.78, 5) is 10.2. The summed E-state index contributed by atoms with van der Waals surface area (Å²) in [6, 6.07) is 14.0. The Hall–Kier alpha value is -2.60. The van der Waals surface area contributed by atoms with E-state index in [4.69, 9.17) is 20.4 Å². The number of nitrogens with two attached hydrogens (primary N) is 1. The number of hydrogen-bond acceptors (Lipinski definition) is 8. The van der Waals surface area contributed by atoms with Gasteiger partial charge in [-0.25, -0.2) is 28.8 Å². The summed E-state index contributed by atoms with van der Waals surface area (Å²) in [6.07, 6.45) is 0. The lowest BCUT2D eigenvalue weighted by Crippen LogP contribution is -2.12. The van der Waals surface area contributed by atoms with E-state index >= 15 is 0 Å². The molecule has 0 bridgehead atoms. The van der Waals surface area contributed by atoms with Crippen molar-refractivity contribution in [3.63, 3.8) is 0 Å². The van der Waals surface area contributed by atoms with E-state index in [0.29, 0.717) is 32.9 Å². The lowest BCUT2D eigenvalue weighted by molar-refractivity contribution is -0.432. The summed E-state index contributed by atoms with van der Waals surface area (Å²) in [6.45, 7) is 0. The van der Waals surface area contributed by atoms with Gasteiger partial charge in [0.25, 0.3) is 0 Å². The molecule has 0 fully saturated rings. The molecule has 3 N–H and O–H groups in total. The van der Waals surface area contributed by atoms with Gasteiger partial charge in [-0.2, -0.15) is 0 Å². The van der Waals surface area contributed by atoms with E-state index < -0.39 is 10.0 Å². The first-order valence-corrected chi connectivity index (χ1v) is 10.3. The van der Waals surface area contributed by atoms with Crippen molar-refractivity contribution in [2.45, 2.75) is 9.79 Å². The summed E-state index contributed by atoms with van der Waals surface area (Å²) in [5.41, 5.74) is 4.11. The Kier molecular flexibility index (Phi) is 3.88. The van der Waals surface area contributed by atoms with Crippen molar-refractivity contribution in [3.8, 4) is 22.5 Å². The first-order valence-electron chi connectivity index (χ1n) is 8.02. The van der Waals surface area contributed by atoms with Crippen LogP contribution < -0.4 is 5.14 Å².